The Morgan fingerprint density at radius 1 is 1.19 bits per heavy atom. The van der Waals surface area contributed by atoms with Gasteiger partial charge in [-0.05, 0) is 23.6 Å². The Kier molecular flexibility index (Phi) is 6.21. The van der Waals surface area contributed by atoms with E-state index in [-0.39, 0.29) is 17.6 Å². The Hall–Kier alpha value is -2.43. The molecule has 0 atom stereocenters. The van der Waals surface area contributed by atoms with Crippen LogP contribution in [0, 0.1) is 0 Å². The highest BCUT2D eigenvalue weighted by molar-refractivity contribution is 8.01. The standard InChI is InChI=1S/C16H14N4O3S3/c1-23-11-6-3-2-5-10(11)17-15-19-20-16(26-15)25-9-13(21)18-14(22)12-7-4-8-24-12/h2-8H,9H2,1H3,(H,17,19)(H,18,21,22). The van der Waals surface area contributed by atoms with E-state index in [1.165, 1.54) is 34.4 Å². The Labute approximate surface area is 161 Å². The molecule has 0 fully saturated rings. The van der Waals surface area contributed by atoms with Crippen LogP contribution in [0.3, 0.4) is 0 Å². The highest BCUT2D eigenvalue weighted by Gasteiger charge is 2.13. The molecule has 0 unspecified atom stereocenters. The summed E-state index contributed by atoms with van der Waals surface area (Å²) >= 11 is 3.82. The second-order valence-corrected chi connectivity index (χ2v) is 7.99. The second-order valence-electron chi connectivity index (χ2n) is 4.84. The van der Waals surface area contributed by atoms with Crippen LogP contribution in [0.1, 0.15) is 9.67 Å². The number of methoxy groups -OCH3 is 1. The first-order chi connectivity index (χ1) is 12.7. The van der Waals surface area contributed by atoms with Gasteiger partial charge in [0.25, 0.3) is 5.91 Å². The Morgan fingerprint density at radius 3 is 2.81 bits per heavy atom. The van der Waals surface area contributed by atoms with Gasteiger partial charge in [0.1, 0.15) is 5.75 Å². The van der Waals surface area contributed by atoms with Gasteiger partial charge in [-0.15, -0.1) is 21.5 Å². The molecule has 0 saturated heterocycles. The molecule has 2 aromatic heterocycles. The van der Waals surface area contributed by atoms with Crippen LogP contribution in [0.25, 0.3) is 0 Å². The molecule has 0 aliphatic carbocycles. The molecule has 0 aliphatic rings. The number of anilines is 2. The first-order valence-electron chi connectivity index (χ1n) is 7.39. The van der Waals surface area contributed by atoms with Gasteiger partial charge in [0, 0.05) is 0 Å². The fourth-order valence-corrected chi connectivity index (χ4v) is 4.12. The molecule has 26 heavy (non-hydrogen) atoms. The third kappa shape index (κ3) is 4.81. The molecular formula is C16H14N4O3S3. The average Bonchev–Trinajstić information content (AvgIpc) is 3.32. The SMILES string of the molecule is COc1ccccc1Nc1nnc(SCC(=O)NC(=O)c2cccs2)s1. The maximum atomic E-state index is 11.9. The van der Waals surface area contributed by atoms with Gasteiger partial charge in [0.05, 0.1) is 23.4 Å². The van der Waals surface area contributed by atoms with Crippen LogP contribution in [-0.4, -0.2) is 34.9 Å². The molecule has 3 rings (SSSR count). The van der Waals surface area contributed by atoms with E-state index >= 15 is 0 Å². The van der Waals surface area contributed by atoms with Crippen molar-refractivity contribution < 1.29 is 14.3 Å². The van der Waals surface area contributed by atoms with E-state index in [2.05, 4.69) is 20.8 Å². The number of thioether (sulfide) groups is 1. The zero-order valence-corrected chi connectivity index (χ0v) is 16.0. The number of nitrogens with zero attached hydrogens (tertiary/aromatic N) is 2. The molecule has 0 radical (unpaired) electrons. The number of imide groups is 1. The lowest BCUT2D eigenvalue weighted by molar-refractivity contribution is -0.117. The van der Waals surface area contributed by atoms with Crippen molar-refractivity contribution in [1.82, 2.24) is 15.5 Å². The van der Waals surface area contributed by atoms with Gasteiger partial charge in [0.2, 0.25) is 11.0 Å². The Morgan fingerprint density at radius 2 is 2.04 bits per heavy atom. The minimum Gasteiger partial charge on any atom is -0.495 e. The largest absolute Gasteiger partial charge is 0.495 e. The predicted octanol–water partition coefficient (Wildman–Crippen LogP) is 3.40. The van der Waals surface area contributed by atoms with Crippen molar-refractivity contribution in [2.24, 2.45) is 0 Å². The fraction of sp³-hybridized carbons (Fsp3) is 0.125. The zero-order valence-electron chi connectivity index (χ0n) is 13.6. The van der Waals surface area contributed by atoms with E-state index in [9.17, 15) is 9.59 Å². The molecule has 134 valence electrons. The lowest BCUT2D eigenvalue weighted by atomic mass is 10.3. The molecule has 0 saturated carbocycles. The van der Waals surface area contributed by atoms with Gasteiger partial charge in [-0.25, -0.2) is 0 Å². The predicted molar refractivity (Wildman–Crippen MR) is 104 cm³/mol. The number of hydrogen-bond acceptors (Lipinski definition) is 9. The number of benzene rings is 1. The molecule has 2 heterocycles. The minimum atomic E-state index is -0.388. The maximum Gasteiger partial charge on any atom is 0.267 e. The maximum absolute atomic E-state index is 11.9. The third-order valence-corrected chi connectivity index (χ3v) is 5.92. The van der Waals surface area contributed by atoms with E-state index in [1.807, 2.05) is 24.3 Å². The van der Waals surface area contributed by atoms with Crippen molar-refractivity contribution in [3.63, 3.8) is 0 Å². The van der Waals surface area contributed by atoms with Gasteiger partial charge in [0.15, 0.2) is 4.34 Å². The quantitative estimate of drug-likeness (QED) is 0.581. The van der Waals surface area contributed by atoms with E-state index < -0.39 is 0 Å². The lowest BCUT2D eigenvalue weighted by Crippen LogP contribution is -2.31. The molecular weight excluding hydrogens is 392 g/mol. The second kappa shape index (κ2) is 8.79. The van der Waals surface area contributed by atoms with Crippen LogP contribution >= 0.6 is 34.4 Å². The number of carbonyl (C=O) groups is 2. The number of carbonyl (C=O) groups excluding carboxylic acids is 2. The highest BCUT2D eigenvalue weighted by atomic mass is 32.2. The molecule has 7 nitrogen and oxygen atoms in total. The Bertz CT molecular complexity index is 896. The van der Waals surface area contributed by atoms with E-state index in [4.69, 9.17) is 4.74 Å². The van der Waals surface area contributed by atoms with Crippen LogP contribution in [0.15, 0.2) is 46.1 Å². The summed E-state index contributed by atoms with van der Waals surface area (Å²) < 4.78 is 5.90. The summed E-state index contributed by atoms with van der Waals surface area (Å²) in [5.74, 6) is 0.0213. The summed E-state index contributed by atoms with van der Waals surface area (Å²) in [5, 5.41) is 15.9. The molecule has 0 spiro atoms. The molecule has 10 heteroatoms. The van der Waals surface area contributed by atoms with E-state index in [1.54, 1.807) is 24.6 Å². The number of aromatic nitrogens is 2. The van der Waals surface area contributed by atoms with Crippen LogP contribution in [-0.2, 0) is 4.79 Å². The number of nitrogens with one attached hydrogen (secondary N) is 2. The van der Waals surface area contributed by atoms with Crippen molar-refractivity contribution in [1.29, 1.82) is 0 Å². The average molecular weight is 407 g/mol. The van der Waals surface area contributed by atoms with Crippen LogP contribution in [0.2, 0.25) is 0 Å². The van der Waals surface area contributed by atoms with Gasteiger partial charge < -0.3 is 10.1 Å². The molecule has 0 bridgehead atoms. The molecule has 3 aromatic rings. The van der Waals surface area contributed by atoms with Crippen molar-refractivity contribution in [2.75, 3.05) is 18.2 Å². The normalized spacial score (nSPS) is 10.3. The molecule has 2 N–H and O–H groups in total. The smallest absolute Gasteiger partial charge is 0.267 e. The van der Waals surface area contributed by atoms with Crippen molar-refractivity contribution in [3.8, 4) is 5.75 Å². The summed E-state index contributed by atoms with van der Waals surface area (Å²) in [5.41, 5.74) is 0.780. The lowest BCUT2D eigenvalue weighted by Gasteiger charge is -2.07. The number of thiophene rings is 1. The number of ether oxygens (including phenoxy) is 1. The molecule has 0 aliphatic heterocycles. The first-order valence-corrected chi connectivity index (χ1v) is 10.1. The van der Waals surface area contributed by atoms with Gasteiger partial charge in [-0.1, -0.05) is 41.3 Å². The number of amides is 2. The van der Waals surface area contributed by atoms with E-state index in [0.717, 1.165) is 5.69 Å². The fourth-order valence-electron chi connectivity index (χ4n) is 1.94. The van der Waals surface area contributed by atoms with E-state index in [0.29, 0.717) is 20.1 Å². The van der Waals surface area contributed by atoms with Crippen molar-refractivity contribution in [2.45, 2.75) is 4.34 Å². The number of hydrogen-bond donors (Lipinski definition) is 2. The molecule has 2 amide bonds. The van der Waals surface area contributed by atoms with Crippen molar-refractivity contribution >= 4 is 57.1 Å². The van der Waals surface area contributed by atoms with Crippen molar-refractivity contribution in [3.05, 3.63) is 46.7 Å². The first kappa shape index (κ1) is 18.4. The number of rotatable bonds is 7. The summed E-state index contributed by atoms with van der Waals surface area (Å²) in [7, 11) is 1.60. The monoisotopic (exact) mass is 406 g/mol. The minimum absolute atomic E-state index is 0.0837. The van der Waals surface area contributed by atoms with Gasteiger partial charge in [-0.3, -0.25) is 14.9 Å². The summed E-state index contributed by atoms with van der Waals surface area (Å²) in [6, 6.07) is 10.9. The van der Waals surface area contributed by atoms with Crippen LogP contribution < -0.4 is 15.4 Å². The summed E-state index contributed by atoms with van der Waals surface area (Å²) in [6.45, 7) is 0. The summed E-state index contributed by atoms with van der Waals surface area (Å²) in [4.78, 5) is 24.2. The topological polar surface area (TPSA) is 93.2 Å². The Balaban J connectivity index is 1.52. The van der Waals surface area contributed by atoms with Gasteiger partial charge >= 0.3 is 0 Å². The van der Waals surface area contributed by atoms with Gasteiger partial charge in [-0.2, -0.15) is 0 Å². The third-order valence-electron chi connectivity index (χ3n) is 3.08. The zero-order chi connectivity index (χ0) is 18.4. The number of para-hydroxylation sites is 2. The van der Waals surface area contributed by atoms with Crippen LogP contribution in [0.5, 0.6) is 5.75 Å². The highest BCUT2D eigenvalue weighted by Crippen LogP contribution is 2.31. The molecule has 1 aromatic carbocycles. The van der Waals surface area contributed by atoms with Crippen LogP contribution in [0.4, 0.5) is 10.8 Å². The summed E-state index contributed by atoms with van der Waals surface area (Å²) in [6.07, 6.45) is 0.